The van der Waals surface area contributed by atoms with Crippen molar-refractivity contribution in [2.45, 2.75) is 13.3 Å². The number of methoxy groups -OCH3 is 2. The van der Waals surface area contributed by atoms with Crippen LogP contribution in [0.3, 0.4) is 0 Å². The summed E-state index contributed by atoms with van der Waals surface area (Å²) in [6.45, 7) is 3.08. The Morgan fingerprint density at radius 3 is 2.50 bits per heavy atom. The maximum atomic E-state index is 12.3. The van der Waals surface area contributed by atoms with Crippen molar-refractivity contribution < 1.29 is 14.3 Å². The number of nitrogens with zero attached hydrogens (tertiary/aromatic N) is 1. The van der Waals surface area contributed by atoms with Crippen LogP contribution in [-0.2, 0) is 11.2 Å². The molecule has 0 aliphatic heterocycles. The summed E-state index contributed by atoms with van der Waals surface area (Å²) in [7, 11) is 5.19. The lowest BCUT2D eigenvalue weighted by Crippen LogP contribution is -2.31. The Hall–Kier alpha value is -2.05. The average Bonchev–Trinajstić information content (AvgIpc) is 2.62. The lowest BCUT2D eigenvalue weighted by Gasteiger charge is -2.17. The first-order chi connectivity index (χ1) is 12.4. The first-order valence-corrected chi connectivity index (χ1v) is 9.17. The number of nitrogens with one attached hydrogen (secondary N) is 1. The molecule has 0 heterocycles. The molecule has 0 aromatic heterocycles. The summed E-state index contributed by atoms with van der Waals surface area (Å²) in [5.41, 5.74) is 3.01. The zero-order valence-electron chi connectivity index (χ0n) is 15.6. The Labute approximate surface area is 163 Å². The molecular formula is C20H25BrN2O3. The van der Waals surface area contributed by atoms with Crippen LogP contribution in [0.25, 0.3) is 0 Å². The van der Waals surface area contributed by atoms with Gasteiger partial charge in [0.2, 0.25) is 5.91 Å². The van der Waals surface area contributed by atoms with Gasteiger partial charge in [0.1, 0.15) is 0 Å². The highest BCUT2D eigenvalue weighted by Crippen LogP contribution is 2.27. The van der Waals surface area contributed by atoms with E-state index in [2.05, 4.69) is 21.2 Å². The Morgan fingerprint density at radius 2 is 1.85 bits per heavy atom. The zero-order chi connectivity index (χ0) is 19.1. The van der Waals surface area contributed by atoms with Gasteiger partial charge < -0.3 is 14.8 Å². The van der Waals surface area contributed by atoms with Crippen molar-refractivity contribution in [3.05, 3.63) is 52.0 Å². The van der Waals surface area contributed by atoms with E-state index in [0.717, 1.165) is 40.0 Å². The lowest BCUT2D eigenvalue weighted by atomic mass is 10.1. The summed E-state index contributed by atoms with van der Waals surface area (Å²) >= 11 is 3.43. The molecule has 0 fully saturated rings. The van der Waals surface area contributed by atoms with E-state index in [4.69, 9.17) is 9.47 Å². The average molecular weight is 421 g/mol. The van der Waals surface area contributed by atoms with E-state index in [-0.39, 0.29) is 5.91 Å². The summed E-state index contributed by atoms with van der Waals surface area (Å²) in [6.07, 6.45) is 0.821. The molecule has 140 valence electrons. The second-order valence-corrected chi connectivity index (χ2v) is 7.10. The number of ether oxygens (including phenoxy) is 2. The van der Waals surface area contributed by atoms with E-state index in [9.17, 15) is 4.79 Å². The smallest absolute Gasteiger partial charge is 0.238 e. The second-order valence-electron chi connectivity index (χ2n) is 6.18. The van der Waals surface area contributed by atoms with Crippen LogP contribution in [0.4, 0.5) is 5.69 Å². The molecule has 1 N–H and O–H groups in total. The maximum Gasteiger partial charge on any atom is 0.238 e. The molecule has 0 aliphatic carbocycles. The van der Waals surface area contributed by atoms with Crippen LogP contribution < -0.4 is 14.8 Å². The molecule has 0 radical (unpaired) electrons. The van der Waals surface area contributed by atoms with Gasteiger partial charge in [-0.25, -0.2) is 0 Å². The van der Waals surface area contributed by atoms with Gasteiger partial charge in [0, 0.05) is 16.7 Å². The number of likely N-dealkylation sites (N-methyl/N-ethyl adjacent to an activating group) is 1. The van der Waals surface area contributed by atoms with Gasteiger partial charge in [-0.15, -0.1) is 0 Å². The molecule has 0 spiro atoms. The van der Waals surface area contributed by atoms with Gasteiger partial charge in [-0.1, -0.05) is 22.0 Å². The van der Waals surface area contributed by atoms with Crippen molar-refractivity contribution in [3.63, 3.8) is 0 Å². The summed E-state index contributed by atoms with van der Waals surface area (Å²) < 4.78 is 11.6. The van der Waals surface area contributed by atoms with E-state index in [0.29, 0.717) is 12.3 Å². The van der Waals surface area contributed by atoms with Crippen LogP contribution in [0.5, 0.6) is 11.5 Å². The molecule has 5 nitrogen and oxygen atoms in total. The number of hydrogen-bond acceptors (Lipinski definition) is 4. The van der Waals surface area contributed by atoms with Crippen molar-refractivity contribution in [2.75, 3.05) is 39.7 Å². The third-order valence-electron chi connectivity index (χ3n) is 4.11. The summed E-state index contributed by atoms with van der Waals surface area (Å²) in [5.74, 6) is 1.41. The minimum atomic E-state index is -0.0229. The molecule has 2 rings (SSSR count). The topological polar surface area (TPSA) is 50.8 Å². The van der Waals surface area contributed by atoms with Crippen molar-refractivity contribution in [1.29, 1.82) is 0 Å². The molecule has 0 aliphatic rings. The van der Waals surface area contributed by atoms with Gasteiger partial charge in [-0.3, -0.25) is 9.69 Å². The molecular weight excluding hydrogens is 396 g/mol. The van der Waals surface area contributed by atoms with E-state index in [1.54, 1.807) is 14.2 Å². The number of anilines is 1. The number of hydrogen-bond donors (Lipinski definition) is 1. The van der Waals surface area contributed by atoms with E-state index >= 15 is 0 Å². The van der Waals surface area contributed by atoms with Crippen LogP contribution in [0.1, 0.15) is 11.1 Å². The minimum absolute atomic E-state index is 0.0229. The standard InChI is InChI=1S/C20H25BrN2O3/c1-14-11-16(21)6-7-17(14)22-20(24)13-23(2)10-9-15-5-8-18(25-3)19(12-15)26-4/h5-8,11-12H,9-10,13H2,1-4H3,(H,22,24). The quantitative estimate of drug-likeness (QED) is 0.703. The molecule has 2 aromatic rings. The van der Waals surface area contributed by atoms with Crippen LogP contribution in [-0.4, -0.2) is 45.2 Å². The SMILES string of the molecule is COc1ccc(CCN(C)CC(=O)Nc2ccc(Br)cc2C)cc1OC. The predicted molar refractivity (Wildman–Crippen MR) is 108 cm³/mol. The molecule has 0 saturated heterocycles. The summed E-state index contributed by atoms with van der Waals surface area (Å²) in [6, 6.07) is 11.7. The third kappa shape index (κ3) is 5.75. The highest BCUT2D eigenvalue weighted by Gasteiger charge is 2.10. The normalized spacial score (nSPS) is 10.7. The van der Waals surface area contributed by atoms with Crippen molar-refractivity contribution in [1.82, 2.24) is 4.90 Å². The van der Waals surface area contributed by atoms with Crippen LogP contribution in [0.2, 0.25) is 0 Å². The Morgan fingerprint density at radius 1 is 1.12 bits per heavy atom. The van der Waals surface area contributed by atoms with Crippen LogP contribution in [0.15, 0.2) is 40.9 Å². The minimum Gasteiger partial charge on any atom is -0.493 e. The van der Waals surface area contributed by atoms with Gasteiger partial charge in [0.15, 0.2) is 11.5 Å². The van der Waals surface area contributed by atoms with Gasteiger partial charge in [-0.05, 0) is 61.9 Å². The number of carbonyl (C=O) groups is 1. The number of rotatable bonds is 8. The number of halogens is 1. The fourth-order valence-corrected chi connectivity index (χ4v) is 3.11. The highest BCUT2D eigenvalue weighted by atomic mass is 79.9. The van der Waals surface area contributed by atoms with Crippen molar-refractivity contribution in [3.8, 4) is 11.5 Å². The van der Waals surface area contributed by atoms with E-state index in [1.807, 2.05) is 55.3 Å². The van der Waals surface area contributed by atoms with E-state index < -0.39 is 0 Å². The van der Waals surface area contributed by atoms with Gasteiger partial charge in [-0.2, -0.15) is 0 Å². The summed E-state index contributed by atoms with van der Waals surface area (Å²) in [4.78, 5) is 14.3. The Kier molecular flexibility index (Phi) is 7.48. The molecule has 6 heteroatoms. The first-order valence-electron chi connectivity index (χ1n) is 8.38. The predicted octanol–water partition coefficient (Wildman–Crippen LogP) is 3.89. The van der Waals surface area contributed by atoms with Gasteiger partial charge in [0.05, 0.1) is 20.8 Å². The molecule has 0 unspecified atom stereocenters. The molecule has 1 amide bonds. The maximum absolute atomic E-state index is 12.3. The monoisotopic (exact) mass is 420 g/mol. The molecule has 0 saturated carbocycles. The van der Waals surface area contributed by atoms with Gasteiger partial charge in [0.25, 0.3) is 0 Å². The fourth-order valence-electron chi connectivity index (χ4n) is 2.64. The van der Waals surface area contributed by atoms with Crippen molar-refractivity contribution in [2.24, 2.45) is 0 Å². The van der Waals surface area contributed by atoms with Crippen LogP contribution >= 0.6 is 15.9 Å². The number of aryl methyl sites for hydroxylation is 1. The van der Waals surface area contributed by atoms with Crippen LogP contribution in [0, 0.1) is 6.92 Å². The molecule has 0 bridgehead atoms. The number of carbonyl (C=O) groups excluding carboxylic acids is 1. The summed E-state index contributed by atoms with van der Waals surface area (Å²) in [5, 5.41) is 2.96. The largest absolute Gasteiger partial charge is 0.493 e. The molecule has 2 aromatic carbocycles. The zero-order valence-corrected chi connectivity index (χ0v) is 17.2. The third-order valence-corrected chi connectivity index (χ3v) is 4.60. The van der Waals surface area contributed by atoms with Crippen molar-refractivity contribution >= 4 is 27.5 Å². The number of amides is 1. The number of benzene rings is 2. The molecule has 26 heavy (non-hydrogen) atoms. The highest BCUT2D eigenvalue weighted by molar-refractivity contribution is 9.10. The van der Waals surface area contributed by atoms with Gasteiger partial charge >= 0.3 is 0 Å². The fraction of sp³-hybridized carbons (Fsp3) is 0.350. The second kappa shape index (κ2) is 9.59. The first kappa shape index (κ1) is 20.3. The Balaban J connectivity index is 1.86. The van der Waals surface area contributed by atoms with E-state index in [1.165, 1.54) is 0 Å². The molecule has 0 atom stereocenters. The lowest BCUT2D eigenvalue weighted by molar-refractivity contribution is -0.117. The Bertz CT molecular complexity index is 765.